The van der Waals surface area contributed by atoms with E-state index in [4.69, 9.17) is 0 Å². The molecule has 0 spiro atoms. The van der Waals surface area contributed by atoms with Crippen LogP contribution in [-0.2, 0) is 6.42 Å². The van der Waals surface area contributed by atoms with Crippen molar-refractivity contribution in [2.75, 3.05) is 0 Å². The molecule has 114 valence electrons. The minimum absolute atomic E-state index is 0.545. The van der Waals surface area contributed by atoms with Crippen molar-refractivity contribution in [2.24, 2.45) is 0 Å². The van der Waals surface area contributed by atoms with Gasteiger partial charge in [0.1, 0.15) is 0 Å². The highest BCUT2D eigenvalue weighted by Gasteiger charge is 2.18. The van der Waals surface area contributed by atoms with Gasteiger partial charge in [0, 0.05) is 0 Å². The molecule has 0 nitrogen and oxygen atoms in total. The number of allylic oxidation sites excluding steroid dienone is 1. The molecule has 4 rings (SSSR count). The van der Waals surface area contributed by atoms with E-state index in [0.29, 0.717) is 5.92 Å². The Morgan fingerprint density at radius 2 is 1.65 bits per heavy atom. The van der Waals surface area contributed by atoms with E-state index in [1.807, 2.05) is 0 Å². The van der Waals surface area contributed by atoms with Crippen LogP contribution in [0.2, 0.25) is 0 Å². The summed E-state index contributed by atoms with van der Waals surface area (Å²) in [4.78, 5) is 0. The molecule has 23 heavy (non-hydrogen) atoms. The zero-order valence-electron chi connectivity index (χ0n) is 14.1. The Balaban J connectivity index is 2.02. The Morgan fingerprint density at radius 3 is 2.48 bits per heavy atom. The van der Waals surface area contributed by atoms with Crippen LogP contribution >= 0.6 is 0 Å². The molecular formula is C23H22. The van der Waals surface area contributed by atoms with Crippen LogP contribution in [0.25, 0.3) is 28.0 Å². The lowest BCUT2D eigenvalue weighted by molar-refractivity contribution is 0.866. The molecule has 1 aliphatic carbocycles. The lowest BCUT2D eigenvalue weighted by atomic mass is 9.88. The molecule has 0 saturated heterocycles. The molecule has 3 aromatic rings. The topological polar surface area (TPSA) is 0 Å². The molecule has 3 aromatic carbocycles. The molecule has 0 unspecified atom stereocenters. The van der Waals surface area contributed by atoms with E-state index in [0.717, 1.165) is 6.42 Å². The molecule has 1 aliphatic rings. The highest BCUT2D eigenvalue weighted by Crippen LogP contribution is 2.39. The fraction of sp³-hybridized carbons (Fsp3) is 0.217. The molecule has 0 radical (unpaired) electrons. The molecule has 0 fully saturated rings. The van der Waals surface area contributed by atoms with Gasteiger partial charge in [-0.3, -0.25) is 0 Å². The molecule has 0 heteroatoms. The van der Waals surface area contributed by atoms with E-state index >= 15 is 0 Å². The Morgan fingerprint density at radius 1 is 0.870 bits per heavy atom. The van der Waals surface area contributed by atoms with Crippen LogP contribution in [0.5, 0.6) is 0 Å². The van der Waals surface area contributed by atoms with E-state index in [-0.39, 0.29) is 0 Å². The van der Waals surface area contributed by atoms with Crippen LogP contribution < -0.4 is 0 Å². The predicted octanol–water partition coefficient (Wildman–Crippen LogP) is 6.59. The van der Waals surface area contributed by atoms with Crippen molar-refractivity contribution < 1.29 is 0 Å². The lowest BCUT2D eigenvalue weighted by Crippen LogP contribution is -1.96. The summed E-state index contributed by atoms with van der Waals surface area (Å²) in [5.74, 6) is 0.545. The summed E-state index contributed by atoms with van der Waals surface area (Å²) in [5.41, 5.74) is 8.57. The van der Waals surface area contributed by atoms with Crippen LogP contribution in [0.3, 0.4) is 0 Å². The van der Waals surface area contributed by atoms with Gasteiger partial charge in [0.05, 0.1) is 0 Å². The van der Waals surface area contributed by atoms with Crippen molar-refractivity contribution in [1.82, 2.24) is 0 Å². The fourth-order valence-corrected chi connectivity index (χ4v) is 3.67. The van der Waals surface area contributed by atoms with Gasteiger partial charge in [-0.2, -0.15) is 0 Å². The van der Waals surface area contributed by atoms with Gasteiger partial charge in [0.25, 0.3) is 0 Å². The summed E-state index contributed by atoms with van der Waals surface area (Å²) >= 11 is 0. The predicted molar refractivity (Wildman–Crippen MR) is 101 cm³/mol. The molecule has 0 atom stereocenters. The molecule has 0 N–H and O–H groups in total. The summed E-state index contributed by atoms with van der Waals surface area (Å²) in [7, 11) is 0. The average Bonchev–Trinajstić information content (AvgIpc) is 2.93. The minimum Gasteiger partial charge on any atom is -0.0683 e. The highest BCUT2D eigenvalue weighted by atomic mass is 14.2. The summed E-state index contributed by atoms with van der Waals surface area (Å²) in [6.07, 6.45) is 3.43. The standard InChI is InChI=1S/C23H22/c1-15(2)18-13-19-11-16(3)12-22(19)23(14-18)21-10-6-8-17-7-4-5-9-20(17)21/h4-11,13-15H,12H2,1-3H3. The molecule has 0 aromatic heterocycles. The van der Waals surface area contributed by atoms with Gasteiger partial charge in [0.15, 0.2) is 0 Å². The molecule has 0 aliphatic heterocycles. The quantitative estimate of drug-likeness (QED) is 0.500. The Bertz CT molecular complexity index is 921. The summed E-state index contributed by atoms with van der Waals surface area (Å²) < 4.78 is 0. The maximum absolute atomic E-state index is 2.41. The van der Waals surface area contributed by atoms with Crippen molar-refractivity contribution in [2.45, 2.75) is 33.1 Å². The molecular weight excluding hydrogens is 276 g/mol. The third-order valence-corrected chi connectivity index (χ3v) is 4.91. The van der Waals surface area contributed by atoms with Gasteiger partial charge in [-0.25, -0.2) is 0 Å². The zero-order chi connectivity index (χ0) is 16.0. The van der Waals surface area contributed by atoms with Gasteiger partial charge < -0.3 is 0 Å². The third kappa shape index (κ3) is 2.39. The summed E-state index contributed by atoms with van der Waals surface area (Å²) in [5, 5.41) is 2.67. The van der Waals surface area contributed by atoms with Crippen molar-refractivity contribution in [3.8, 4) is 11.1 Å². The zero-order valence-corrected chi connectivity index (χ0v) is 14.1. The van der Waals surface area contributed by atoms with E-state index in [1.54, 1.807) is 0 Å². The SMILES string of the molecule is CC1=Cc2cc(C(C)C)cc(-c3cccc4ccccc34)c2C1. The van der Waals surface area contributed by atoms with Crippen LogP contribution in [0.4, 0.5) is 0 Å². The molecule has 0 bridgehead atoms. The second kappa shape index (κ2) is 5.38. The molecule has 0 heterocycles. The van der Waals surface area contributed by atoms with Gasteiger partial charge in [0.2, 0.25) is 0 Å². The second-order valence-corrected chi connectivity index (χ2v) is 6.99. The van der Waals surface area contributed by atoms with Crippen molar-refractivity contribution in [3.63, 3.8) is 0 Å². The largest absolute Gasteiger partial charge is 0.0683 e. The van der Waals surface area contributed by atoms with Crippen molar-refractivity contribution in [3.05, 3.63) is 76.9 Å². The van der Waals surface area contributed by atoms with Crippen molar-refractivity contribution in [1.29, 1.82) is 0 Å². The minimum atomic E-state index is 0.545. The summed E-state index contributed by atoms with van der Waals surface area (Å²) in [6, 6.07) is 20.2. The monoisotopic (exact) mass is 298 g/mol. The number of benzene rings is 3. The van der Waals surface area contributed by atoms with E-state index in [2.05, 4.69) is 81.4 Å². The summed E-state index contributed by atoms with van der Waals surface area (Å²) in [6.45, 7) is 6.79. The first-order chi connectivity index (χ1) is 11.1. The highest BCUT2D eigenvalue weighted by molar-refractivity contribution is 5.98. The number of hydrogen-bond acceptors (Lipinski definition) is 0. The Labute approximate surface area is 138 Å². The van der Waals surface area contributed by atoms with Gasteiger partial charge in [-0.05, 0) is 57.9 Å². The van der Waals surface area contributed by atoms with Gasteiger partial charge in [-0.1, -0.05) is 80.1 Å². The second-order valence-electron chi connectivity index (χ2n) is 6.99. The van der Waals surface area contributed by atoms with E-state index < -0.39 is 0 Å². The number of hydrogen-bond donors (Lipinski definition) is 0. The van der Waals surface area contributed by atoms with Crippen LogP contribution in [0.1, 0.15) is 43.4 Å². The Hall–Kier alpha value is -2.34. The first kappa shape index (κ1) is 14.3. The normalized spacial score (nSPS) is 13.5. The number of fused-ring (bicyclic) bond motifs is 2. The third-order valence-electron chi connectivity index (χ3n) is 4.91. The average molecular weight is 298 g/mol. The van der Waals surface area contributed by atoms with E-state index in [1.165, 1.54) is 44.2 Å². The first-order valence-electron chi connectivity index (χ1n) is 8.45. The lowest BCUT2D eigenvalue weighted by Gasteiger charge is -2.16. The van der Waals surface area contributed by atoms with E-state index in [9.17, 15) is 0 Å². The smallest absolute Gasteiger partial charge is 0.00544 e. The molecule has 0 saturated carbocycles. The fourth-order valence-electron chi connectivity index (χ4n) is 3.67. The van der Waals surface area contributed by atoms with Crippen LogP contribution in [-0.4, -0.2) is 0 Å². The number of rotatable bonds is 2. The van der Waals surface area contributed by atoms with Gasteiger partial charge >= 0.3 is 0 Å². The van der Waals surface area contributed by atoms with Crippen molar-refractivity contribution >= 4 is 16.8 Å². The first-order valence-corrected chi connectivity index (χ1v) is 8.45. The van der Waals surface area contributed by atoms with Crippen LogP contribution in [0.15, 0.2) is 60.2 Å². The van der Waals surface area contributed by atoms with Crippen LogP contribution in [0, 0.1) is 0 Å². The Kier molecular flexibility index (Phi) is 3.34. The maximum atomic E-state index is 2.41. The molecule has 0 amide bonds. The van der Waals surface area contributed by atoms with Gasteiger partial charge in [-0.15, -0.1) is 0 Å². The maximum Gasteiger partial charge on any atom is -0.00544 e.